The van der Waals surface area contributed by atoms with Crippen LogP contribution in [0, 0.1) is 0 Å². The maximum Gasteiger partial charge on any atom is 0.343 e. The second-order valence-corrected chi connectivity index (χ2v) is 4.43. The van der Waals surface area contributed by atoms with Crippen molar-refractivity contribution in [3.8, 4) is 0 Å². The second kappa shape index (κ2) is 6.66. The fraction of sp³-hybridized carbons (Fsp3) is 0.357. The van der Waals surface area contributed by atoms with Gasteiger partial charge in [-0.05, 0) is 37.6 Å². The highest BCUT2D eigenvalue weighted by atomic mass is 35.5. The smallest absolute Gasteiger partial charge is 0.338 e. The maximum atomic E-state index is 13.7. The molecule has 0 radical (unpaired) electrons. The van der Waals surface area contributed by atoms with E-state index in [-0.39, 0.29) is 13.1 Å². The number of nitrogens with zero attached hydrogens (tertiary/aromatic N) is 1. The molecule has 0 aliphatic carbocycles. The zero-order valence-electron chi connectivity index (χ0n) is 10.9. The molecule has 0 atom stereocenters. The predicted molar refractivity (Wildman–Crippen MR) is 73.4 cm³/mol. The molecular formula is C14H16ClF2NO. The third-order valence-electron chi connectivity index (χ3n) is 2.67. The lowest BCUT2D eigenvalue weighted by Crippen LogP contribution is -2.42. The molecule has 2 nitrogen and oxygen atoms in total. The molecule has 0 aliphatic heterocycles. The first-order valence-corrected chi connectivity index (χ1v) is 6.40. The van der Waals surface area contributed by atoms with Crippen LogP contribution in [0.1, 0.15) is 19.4 Å². The Labute approximate surface area is 116 Å². The Hall–Kier alpha value is -1.42. The van der Waals surface area contributed by atoms with Crippen molar-refractivity contribution in [1.82, 2.24) is 4.90 Å². The summed E-state index contributed by atoms with van der Waals surface area (Å²) in [6, 6.07) is 6.50. The molecular weight excluding hydrogens is 272 g/mol. The van der Waals surface area contributed by atoms with Gasteiger partial charge in [0.1, 0.15) is 0 Å². The van der Waals surface area contributed by atoms with Crippen LogP contribution in [0.25, 0.3) is 6.08 Å². The first-order valence-electron chi connectivity index (χ1n) is 6.02. The number of rotatable bonds is 5. The lowest BCUT2D eigenvalue weighted by molar-refractivity contribution is -0.150. The minimum Gasteiger partial charge on any atom is -0.338 e. The number of hydrogen-bond donors (Lipinski definition) is 0. The molecule has 0 N–H and O–H groups in total. The summed E-state index contributed by atoms with van der Waals surface area (Å²) in [4.78, 5) is 12.7. The van der Waals surface area contributed by atoms with E-state index in [9.17, 15) is 13.6 Å². The number of carbonyl (C=O) groups is 1. The largest absolute Gasteiger partial charge is 0.343 e. The molecule has 5 heteroatoms. The van der Waals surface area contributed by atoms with E-state index in [1.807, 2.05) is 0 Å². The molecule has 0 saturated carbocycles. The first kappa shape index (κ1) is 15.6. The van der Waals surface area contributed by atoms with Crippen molar-refractivity contribution in [3.63, 3.8) is 0 Å². The van der Waals surface area contributed by atoms with Crippen LogP contribution in [-0.4, -0.2) is 29.8 Å². The Bertz CT molecular complexity index is 470. The third-order valence-corrected chi connectivity index (χ3v) is 2.90. The average Bonchev–Trinajstić information content (AvgIpc) is 2.38. The lowest BCUT2D eigenvalue weighted by atomic mass is 10.1. The molecule has 0 heterocycles. The molecule has 0 unspecified atom stereocenters. The summed E-state index contributed by atoms with van der Waals surface area (Å²) in [5, 5.41) is 0.459. The van der Waals surface area contributed by atoms with Crippen LogP contribution >= 0.6 is 11.6 Å². The van der Waals surface area contributed by atoms with Crippen molar-refractivity contribution < 1.29 is 13.6 Å². The molecule has 1 aromatic carbocycles. The summed E-state index contributed by atoms with van der Waals surface area (Å²) in [6.07, 6.45) is 1.81. The van der Waals surface area contributed by atoms with Crippen LogP contribution in [0.2, 0.25) is 5.02 Å². The van der Waals surface area contributed by atoms with Gasteiger partial charge in [-0.3, -0.25) is 4.79 Å². The summed E-state index contributed by atoms with van der Waals surface area (Å²) in [7, 11) is 0. The highest BCUT2D eigenvalue weighted by Crippen LogP contribution is 2.21. The molecule has 104 valence electrons. The molecule has 0 spiro atoms. The van der Waals surface area contributed by atoms with Gasteiger partial charge in [-0.2, -0.15) is 8.78 Å². The second-order valence-electron chi connectivity index (χ2n) is 3.99. The van der Waals surface area contributed by atoms with Crippen LogP contribution in [0.15, 0.2) is 30.3 Å². The molecule has 1 rings (SSSR count). The van der Waals surface area contributed by atoms with Gasteiger partial charge in [-0.25, -0.2) is 0 Å². The van der Waals surface area contributed by atoms with E-state index in [4.69, 9.17) is 11.6 Å². The van der Waals surface area contributed by atoms with Gasteiger partial charge < -0.3 is 4.90 Å². The fourth-order valence-electron chi connectivity index (χ4n) is 1.60. The number of alkyl halides is 2. The van der Waals surface area contributed by atoms with Gasteiger partial charge in [0, 0.05) is 18.1 Å². The standard InChI is InChI=1S/C14H16ClF2NO/c1-3-18(4-2)13(19)14(16,17)9-8-11-6-5-7-12(15)10-11/h5-10H,3-4H2,1-2H3/b9-8+. The first-order chi connectivity index (χ1) is 8.90. The van der Waals surface area contributed by atoms with Crippen molar-refractivity contribution in [2.75, 3.05) is 13.1 Å². The molecule has 0 aliphatic rings. The summed E-state index contributed by atoms with van der Waals surface area (Å²) in [5.74, 6) is -4.69. The van der Waals surface area contributed by atoms with Crippen molar-refractivity contribution in [2.45, 2.75) is 19.8 Å². The Morgan fingerprint density at radius 3 is 2.53 bits per heavy atom. The zero-order chi connectivity index (χ0) is 14.5. The zero-order valence-corrected chi connectivity index (χ0v) is 11.6. The Kier molecular flexibility index (Phi) is 5.48. The van der Waals surface area contributed by atoms with Gasteiger partial charge in [-0.15, -0.1) is 0 Å². The summed E-state index contributed by atoms with van der Waals surface area (Å²) in [5.41, 5.74) is 0.527. The van der Waals surface area contributed by atoms with Crippen LogP contribution in [0.4, 0.5) is 8.78 Å². The monoisotopic (exact) mass is 287 g/mol. The normalized spacial score (nSPS) is 11.8. The summed E-state index contributed by atoms with van der Waals surface area (Å²) < 4.78 is 27.4. The maximum absolute atomic E-state index is 13.7. The molecule has 0 fully saturated rings. The highest BCUT2D eigenvalue weighted by Gasteiger charge is 2.38. The quantitative estimate of drug-likeness (QED) is 0.805. The van der Waals surface area contributed by atoms with E-state index in [1.165, 1.54) is 6.08 Å². The van der Waals surface area contributed by atoms with Gasteiger partial charge >= 0.3 is 5.92 Å². The summed E-state index contributed by atoms with van der Waals surface area (Å²) >= 11 is 5.76. The van der Waals surface area contributed by atoms with Gasteiger partial charge in [0.05, 0.1) is 0 Å². The van der Waals surface area contributed by atoms with Crippen molar-refractivity contribution >= 4 is 23.6 Å². The van der Waals surface area contributed by atoms with Crippen LogP contribution in [0.5, 0.6) is 0 Å². The number of hydrogen-bond acceptors (Lipinski definition) is 1. The number of benzene rings is 1. The fourth-order valence-corrected chi connectivity index (χ4v) is 1.80. The number of carbonyl (C=O) groups excluding carboxylic acids is 1. The molecule has 1 aromatic rings. The van der Waals surface area contributed by atoms with Crippen molar-refractivity contribution in [3.05, 3.63) is 40.9 Å². The van der Waals surface area contributed by atoms with E-state index in [0.717, 1.165) is 4.90 Å². The predicted octanol–water partition coefficient (Wildman–Crippen LogP) is 3.86. The third kappa shape index (κ3) is 4.31. The van der Waals surface area contributed by atoms with E-state index < -0.39 is 11.8 Å². The number of halogens is 3. The van der Waals surface area contributed by atoms with Gasteiger partial charge in [0.25, 0.3) is 5.91 Å². The topological polar surface area (TPSA) is 20.3 Å². The number of amides is 1. The van der Waals surface area contributed by atoms with Crippen LogP contribution < -0.4 is 0 Å². The Morgan fingerprint density at radius 2 is 2.00 bits per heavy atom. The van der Waals surface area contributed by atoms with E-state index in [2.05, 4.69) is 0 Å². The van der Waals surface area contributed by atoms with E-state index in [0.29, 0.717) is 16.7 Å². The highest BCUT2D eigenvalue weighted by molar-refractivity contribution is 6.30. The molecule has 0 saturated heterocycles. The van der Waals surface area contributed by atoms with Crippen LogP contribution in [0.3, 0.4) is 0 Å². The molecule has 0 aromatic heterocycles. The SMILES string of the molecule is CCN(CC)C(=O)C(F)(F)/C=C/c1cccc(Cl)c1. The Balaban J connectivity index is 2.86. The summed E-state index contributed by atoms with van der Waals surface area (Å²) in [6.45, 7) is 3.85. The molecule has 0 bridgehead atoms. The lowest BCUT2D eigenvalue weighted by Gasteiger charge is -2.22. The van der Waals surface area contributed by atoms with E-state index >= 15 is 0 Å². The minimum absolute atomic E-state index is 0.260. The van der Waals surface area contributed by atoms with Gasteiger partial charge in [0.15, 0.2) is 0 Å². The van der Waals surface area contributed by atoms with Crippen molar-refractivity contribution in [2.24, 2.45) is 0 Å². The van der Waals surface area contributed by atoms with E-state index in [1.54, 1.807) is 38.1 Å². The van der Waals surface area contributed by atoms with Gasteiger partial charge in [-0.1, -0.05) is 29.8 Å². The van der Waals surface area contributed by atoms with Crippen molar-refractivity contribution in [1.29, 1.82) is 0 Å². The molecule has 1 amide bonds. The van der Waals surface area contributed by atoms with Gasteiger partial charge in [0.2, 0.25) is 0 Å². The van der Waals surface area contributed by atoms with Crippen LogP contribution in [-0.2, 0) is 4.79 Å². The minimum atomic E-state index is -3.51. The molecule has 19 heavy (non-hydrogen) atoms. The Morgan fingerprint density at radius 1 is 1.37 bits per heavy atom. The average molecular weight is 288 g/mol.